The van der Waals surface area contributed by atoms with Crippen molar-refractivity contribution < 1.29 is 9.53 Å². The van der Waals surface area contributed by atoms with Crippen LogP contribution in [0.5, 0.6) is 5.75 Å². The van der Waals surface area contributed by atoms with E-state index >= 15 is 0 Å². The molecule has 0 atom stereocenters. The maximum atomic E-state index is 12.3. The lowest BCUT2D eigenvalue weighted by Gasteiger charge is -2.35. The van der Waals surface area contributed by atoms with Crippen molar-refractivity contribution >= 4 is 44.8 Å². The van der Waals surface area contributed by atoms with Crippen molar-refractivity contribution in [1.29, 1.82) is 0 Å². The number of piperazine rings is 1. The van der Waals surface area contributed by atoms with Gasteiger partial charge in [-0.3, -0.25) is 4.79 Å². The molecule has 26 heavy (non-hydrogen) atoms. The molecule has 1 amide bonds. The van der Waals surface area contributed by atoms with Gasteiger partial charge in [-0.1, -0.05) is 23.7 Å². The Morgan fingerprint density at radius 3 is 2.65 bits per heavy atom. The number of carbonyl (C=O) groups is 1. The Morgan fingerprint density at radius 1 is 1.19 bits per heavy atom. The van der Waals surface area contributed by atoms with Gasteiger partial charge in [0, 0.05) is 31.2 Å². The zero-order valence-corrected chi connectivity index (χ0v) is 16.9. The highest BCUT2D eigenvalue weighted by atomic mass is 79.9. The molecule has 0 bridgehead atoms. The fourth-order valence-corrected chi connectivity index (χ4v) is 3.62. The second-order valence-corrected chi connectivity index (χ2v) is 7.51. The van der Waals surface area contributed by atoms with Gasteiger partial charge >= 0.3 is 0 Å². The number of nitrogens with one attached hydrogen (secondary N) is 1. The Kier molecular flexibility index (Phi) is 6.40. The average Bonchev–Trinajstić information content (AvgIpc) is 2.62. The summed E-state index contributed by atoms with van der Waals surface area (Å²) in [6, 6.07) is 13.1. The highest BCUT2D eigenvalue weighted by Crippen LogP contribution is 2.29. The lowest BCUT2D eigenvalue weighted by molar-refractivity contribution is -0.118. The first-order valence-electron chi connectivity index (χ1n) is 8.43. The van der Waals surface area contributed by atoms with E-state index in [9.17, 15) is 4.79 Å². The Hall–Kier alpha value is -1.76. The van der Waals surface area contributed by atoms with Gasteiger partial charge in [0.05, 0.1) is 15.8 Å². The second-order valence-electron chi connectivity index (χ2n) is 6.22. The van der Waals surface area contributed by atoms with Crippen LogP contribution < -0.4 is 15.0 Å². The van der Waals surface area contributed by atoms with E-state index in [0.29, 0.717) is 10.8 Å². The lowest BCUT2D eigenvalue weighted by Crippen LogP contribution is -2.44. The van der Waals surface area contributed by atoms with E-state index in [1.165, 1.54) is 0 Å². The summed E-state index contributed by atoms with van der Waals surface area (Å²) in [6.07, 6.45) is 0. The summed E-state index contributed by atoms with van der Waals surface area (Å²) in [4.78, 5) is 16.9. The first kappa shape index (κ1) is 19.0. The van der Waals surface area contributed by atoms with Gasteiger partial charge in [0.15, 0.2) is 6.61 Å². The minimum atomic E-state index is -0.201. The minimum absolute atomic E-state index is 0.0721. The molecule has 138 valence electrons. The zero-order chi connectivity index (χ0) is 18.5. The molecule has 0 saturated carbocycles. The van der Waals surface area contributed by atoms with Crippen molar-refractivity contribution in [3.63, 3.8) is 0 Å². The van der Waals surface area contributed by atoms with E-state index < -0.39 is 0 Å². The van der Waals surface area contributed by atoms with E-state index in [-0.39, 0.29) is 12.5 Å². The number of amides is 1. The molecule has 0 spiro atoms. The Morgan fingerprint density at radius 2 is 1.92 bits per heavy atom. The summed E-state index contributed by atoms with van der Waals surface area (Å²) in [7, 11) is 2.12. The topological polar surface area (TPSA) is 44.8 Å². The summed E-state index contributed by atoms with van der Waals surface area (Å²) in [5.41, 5.74) is 1.85. The van der Waals surface area contributed by atoms with Gasteiger partial charge in [-0.25, -0.2) is 0 Å². The molecule has 1 heterocycles. The predicted octanol–water partition coefficient (Wildman–Crippen LogP) is 3.87. The smallest absolute Gasteiger partial charge is 0.262 e. The number of benzene rings is 2. The van der Waals surface area contributed by atoms with Crippen LogP contribution in [0.4, 0.5) is 11.4 Å². The molecular formula is C19H21BrClN3O2. The van der Waals surface area contributed by atoms with Gasteiger partial charge < -0.3 is 19.9 Å². The highest BCUT2D eigenvalue weighted by molar-refractivity contribution is 9.10. The van der Waals surface area contributed by atoms with Crippen molar-refractivity contribution in [3.8, 4) is 5.75 Å². The van der Waals surface area contributed by atoms with E-state index in [2.05, 4.69) is 38.1 Å². The largest absolute Gasteiger partial charge is 0.483 e. The molecule has 3 rings (SSSR count). The van der Waals surface area contributed by atoms with Gasteiger partial charge in [-0.2, -0.15) is 0 Å². The lowest BCUT2D eigenvalue weighted by atomic mass is 10.2. The summed E-state index contributed by atoms with van der Waals surface area (Å²) in [6.45, 7) is 3.83. The molecular weight excluding hydrogens is 418 g/mol. The fraction of sp³-hybridized carbons (Fsp3) is 0.316. The predicted molar refractivity (Wildman–Crippen MR) is 109 cm³/mol. The second kappa shape index (κ2) is 8.75. The summed E-state index contributed by atoms with van der Waals surface area (Å²) in [5.74, 6) is 0.380. The Balaban J connectivity index is 1.62. The van der Waals surface area contributed by atoms with Gasteiger partial charge in [-0.05, 0) is 53.3 Å². The maximum Gasteiger partial charge on any atom is 0.262 e. The number of hydrogen-bond acceptors (Lipinski definition) is 4. The molecule has 1 aliphatic rings. The first-order valence-corrected chi connectivity index (χ1v) is 9.60. The Bertz CT molecular complexity index is 779. The molecule has 1 N–H and O–H groups in total. The van der Waals surface area contributed by atoms with Crippen LogP contribution in [-0.4, -0.2) is 50.6 Å². The van der Waals surface area contributed by atoms with Gasteiger partial charge in [-0.15, -0.1) is 0 Å². The van der Waals surface area contributed by atoms with Crippen LogP contribution in [0.2, 0.25) is 5.02 Å². The van der Waals surface area contributed by atoms with Crippen LogP contribution in [0.1, 0.15) is 0 Å². The number of rotatable bonds is 5. The molecule has 2 aromatic carbocycles. The van der Waals surface area contributed by atoms with Crippen molar-refractivity contribution in [1.82, 2.24) is 4.90 Å². The number of ether oxygens (including phenoxy) is 1. The van der Waals surface area contributed by atoms with Crippen LogP contribution in [0.3, 0.4) is 0 Å². The van der Waals surface area contributed by atoms with E-state index in [1.54, 1.807) is 18.2 Å². The SMILES string of the molecule is CN1CCN(c2ccccc2NC(=O)COc2ccc(Cl)cc2Br)CC1. The minimum Gasteiger partial charge on any atom is -0.483 e. The molecule has 1 fully saturated rings. The van der Waals surface area contributed by atoms with Crippen molar-refractivity contribution in [2.24, 2.45) is 0 Å². The third-order valence-electron chi connectivity index (χ3n) is 4.27. The van der Waals surface area contributed by atoms with Crippen LogP contribution in [-0.2, 0) is 4.79 Å². The number of para-hydroxylation sites is 2. The zero-order valence-electron chi connectivity index (χ0n) is 14.5. The number of nitrogens with zero attached hydrogens (tertiary/aromatic N) is 2. The van der Waals surface area contributed by atoms with Crippen molar-refractivity contribution in [2.45, 2.75) is 0 Å². The highest BCUT2D eigenvalue weighted by Gasteiger charge is 2.17. The molecule has 1 saturated heterocycles. The Labute approximate surface area is 167 Å². The van der Waals surface area contributed by atoms with Crippen molar-refractivity contribution in [2.75, 3.05) is 50.1 Å². The molecule has 2 aromatic rings. The van der Waals surface area contributed by atoms with Crippen LogP contribution in [0, 0.1) is 0 Å². The molecule has 0 aromatic heterocycles. The normalized spacial score (nSPS) is 15.0. The average molecular weight is 439 g/mol. The van der Waals surface area contributed by atoms with E-state index in [1.807, 2.05) is 24.3 Å². The standard InChI is InChI=1S/C19H21BrClN3O2/c1-23-8-10-24(11-9-23)17-5-3-2-4-16(17)22-19(25)13-26-18-7-6-14(21)12-15(18)20/h2-7,12H,8-11,13H2,1H3,(H,22,25). The van der Waals surface area contributed by atoms with E-state index in [4.69, 9.17) is 16.3 Å². The fourth-order valence-electron chi connectivity index (χ4n) is 2.82. The first-order chi connectivity index (χ1) is 12.5. The van der Waals surface area contributed by atoms with Gasteiger partial charge in [0.1, 0.15) is 5.75 Å². The van der Waals surface area contributed by atoms with Crippen LogP contribution >= 0.6 is 27.5 Å². The van der Waals surface area contributed by atoms with Gasteiger partial charge in [0.2, 0.25) is 0 Å². The summed E-state index contributed by atoms with van der Waals surface area (Å²) >= 11 is 9.30. The molecule has 0 radical (unpaired) electrons. The third kappa shape index (κ3) is 4.90. The maximum absolute atomic E-state index is 12.3. The monoisotopic (exact) mass is 437 g/mol. The van der Waals surface area contributed by atoms with Crippen LogP contribution in [0.25, 0.3) is 0 Å². The van der Waals surface area contributed by atoms with Gasteiger partial charge in [0.25, 0.3) is 5.91 Å². The van der Waals surface area contributed by atoms with E-state index in [0.717, 1.165) is 42.0 Å². The third-order valence-corrected chi connectivity index (χ3v) is 5.13. The quantitative estimate of drug-likeness (QED) is 0.770. The number of anilines is 2. The van der Waals surface area contributed by atoms with Crippen LogP contribution in [0.15, 0.2) is 46.9 Å². The number of likely N-dealkylation sites (N-methyl/N-ethyl adjacent to an activating group) is 1. The number of hydrogen-bond donors (Lipinski definition) is 1. The summed E-state index contributed by atoms with van der Waals surface area (Å²) < 4.78 is 6.31. The van der Waals surface area contributed by atoms with Crippen molar-refractivity contribution in [3.05, 3.63) is 52.0 Å². The molecule has 1 aliphatic heterocycles. The number of carbonyl (C=O) groups excluding carboxylic acids is 1. The summed E-state index contributed by atoms with van der Waals surface area (Å²) in [5, 5.41) is 3.57. The molecule has 5 nitrogen and oxygen atoms in total. The number of halogens is 2. The molecule has 0 unspecified atom stereocenters. The molecule has 7 heteroatoms. The molecule has 0 aliphatic carbocycles.